The summed E-state index contributed by atoms with van der Waals surface area (Å²) in [4.78, 5) is 24.7. The van der Waals surface area contributed by atoms with Crippen LogP contribution in [0.3, 0.4) is 0 Å². The van der Waals surface area contributed by atoms with E-state index in [2.05, 4.69) is 21.2 Å². The molecule has 6 heteroatoms. The lowest BCUT2D eigenvalue weighted by Crippen LogP contribution is -2.59. The third-order valence-corrected chi connectivity index (χ3v) is 3.50. The molecule has 1 heterocycles. The summed E-state index contributed by atoms with van der Waals surface area (Å²) in [6.45, 7) is 2.47. The van der Waals surface area contributed by atoms with E-state index in [4.69, 9.17) is 5.11 Å². The number of hydrogen-bond acceptors (Lipinski definition) is 3. The van der Waals surface area contributed by atoms with Crippen LogP contribution in [0.2, 0.25) is 0 Å². The van der Waals surface area contributed by atoms with Crippen LogP contribution in [0.5, 0.6) is 0 Å². The number of carbonyl (C=O) groups is 2. The molecule has 19 heavy (non-hydrogen) atoms. The Kier molecular flexibility index (Phi) is 4.21. The van der Waals surface area contributed by atoms with E-state index in [9.17, 15) is 9.59 Å². The van der Waals surface area contributed by atoms with Crippen LogP contribution in [-0.2, 0) is 9.59 Å². The first-order valence-corrected chi connectivity index (χ1v) is 6.81. The van der Waals surface area contributed by atoms with Crippen LogP contribution in [0.4, 0.5) is 5.69 Å². The van der Waals surface area contributed by atoms with Gasteiger partial charge in [0.05, 0.1) is 12.5 Å². The zero-order valence-corrected chi connectivity index (χ0v) is 12.1. The lowest BCUT2D eigenvalue weighted by Gasteiger charge is -2.36. The molecule has 2 N–H and O–H groups in total. The summed E-state index contributed by atoms with van der Waals surface area (Å²) < 4.78 is 0.888. The van der Waals surface area contributed by atoms with Gasteiger partial charge in [-0.2, -0.15) is 0 Å². The van der Waals surface area contributed by atoms with Gasteiger partial charge >= 0.3 is 5.97 Å². The van der Waals surface area contributed by atoms with Crippen molar-refractivity contribution in [1.29, 1.82) is 0 Å². The summed E-state index contributed by atoms with van der Waals surface area (Å²) in [6.07, 6.45) is -0.201. The lowest BCUT2D eigenvalue weighted by molar-refractivity contribution is -0.140. The Morgan fingerprint density at radius 1 is 1.58 bits per heavy atom. The molecule has 102 valence electrons. The summed E-state index contributed by atoms with van der Waals surface area (Å²) in [7, 11) is 0. The number of carboxylic acid groups (broad SMARTS) is 1. The Labute approximate surface area is 119 Å². The van der Waals surface area contributed by atoms with Crippen molar-refractivity contribution in [1.82, 2.24) is 5.32 Å². The van der Waals surface area contributed by atoms with Crippen molar-refractivity contribution in [3.8, 4) is 0 Å². The fraction of sp³-hybridized carbons (Fsp3) is 0.385. The van der Waals surface area contributed by atoms with E-state index in [1.807, 2.05) is 31.2 Å². The second-order valence-corrected chi connectivity index (χ2v) is 5.56. The van der Waals surface area contributed by atoms with Crippen molar-refractivity contribution in [3.05, 3.63) is 28.7 Å². The van der Waals surface area contributed by atoms with Gasteiger partial charge in [-0.3, -0.25) is 9.59 Å². The molecule has 1 aromatic rings. The fourth-order valence-corrected chi connectivity index (χ4v) is 2.60. The highest BCUT2D eigenvalue weighted by atomic mass is 79.9. The number of piperazine rings is 1. The van der Waals surface area contributed by atoms with Gasteiger partial charge in [0.25, 0.3) is 0 Å². The van der Waals surface area contributed by atoms with E-state index >= 15 is 0 Å². The highest BCUT2D eigenvalue weighted by Crippen LogP contribution is 2.23. The number of rotatable bonds is 3. The van der Waals surface area contributed by atoms with Gasteiger partial charge in [-0.15, -0.1) is 0 Å². The maximum atomic E-state index is 12.3. The van der Waals surface area contributed by atoms with Crippen molar-refractivity contribution in [2.45, 2.75) is 25.4 Å². The average Bonchev–Trinajstić information content (AvgIpc) is 2.32. The molecule has 0 saturated carbocycles. The maximum absolute atomic E-state index is 12.3. The predicted octanol–water partition coefficient (Wildman–Crippen LogP) is 1.62. The zero-order valence-electron chi connectivity index (χ0n) is 10.5. The van der Waals surface area contributed by atoms with E-state index in [0.29, 0.717) is 6.54 Å². The van der Waals surface area contributed by atoms with E-state index in [1.54, 1.807) is 4.90 Å². The molecule has 1 fully saturated rings. The standard InChI is InChI=1S/C13H15BrN2O3/c1-8-7-16(10-4-2-3-9(14)5-10)13(19)11(15-8)6-12(17)18/h2-5,8,11,15H,6-7H2,1H3,(H,17,18). The van der Waals surface area contributed by atoms with Gasteiger partial charge in [0, 0.05) is 22.7 Å². The number of carboxylic acids is 1. The van der Waals surface area contributed by atoms with E-state index in [0.717, 1.165) is 10.2 Å². The molecule has 1 aliphatic heterocycles. The SMILES string of the molecule is CC1CN(c2cccc(Br)c2)C(=O)C(CC(=O)O)N1. The van der Waals surface area contributed by atoms with Gasteiger partial charge in [0.2, 0.25) is 5.91 Å². The molecule has 1 aliphatic rings. The van der Waals surface area contributed by atoms with Gasteiger partial charge < -0.3 is 15.3 Å². The summed E-state index contributed by atoms with van der Waals surface area (Å²) in [5.41, 5.74) is 0.781. The minimum absolute atomic E-state index is 0.0565. The molecule has 0 bridgehead atoms. The maximum Gasteiger partial charge on any atom is 0.305 e. The summed E-state index contributed by atoms with van der Waals surface area (Å²) in [5.74, 6) is -1.17. The summed E-state index contributed by atoms with van der Waals surface area (Å²) >= 11 is 3.37. The minimum Gasteiger partial charge on any atom is -0.481 e. The second-order valence-electron chi connectivity index (χ2n) is 4.65. The van der Waals surface area contributed by atoms with Crippen LogP contribution in [0.25, 0.3) is 0 Å². The Morgan fingerprint density at radius 2 is 2.32 bits per heavy atom. The summed E-state index contributed by atoms with van der Waals surface area (Å²) in [5, 5.41) is 11.9. The lowest BCUT2D eigenvalue weighted by atomic mass is 10.1. The minimum atomic E-state index is -0.978. The number of aliphatic carboxylic acids is 1. The second kappa shape index (κ2) is 5.71. The number of hydrogen-bond donors (Lipinski definition) is 2. The van der Waals surface area contributed by atoms with Crippen molar-refractivity contribution >= 4 is 33.5 Å². The zero-order chi connectivity index (χ0) is 14.0. The number of benzene rings is 1. The predicted molar refractivity (Wildman–Crippen MR) is 75.1 cm³/mol. The van der Waals surface area contributed by atoms with E-state index in [1.165, 1.54) is 0 Å². The van der Waals surface area contributed by atoms with E-state index < -0.39 is 12.0 Å². The molecule has 2 rings (SSSR count). The molecule has 5 nitrogen and oxygen atoms in total. The van der Waals surface area contributed by atoms with Crippen LogP contribution < -0.4 is 10.2 Å². The number of nitrogens with zero attached hydrogens (tertiary/aromatic N) is 1. The molecule has 2 unspecified atom stereocenters. The van der Waals surface area contributed by atoms with Gasteiger partial charge in [0.15, 0.2) is 0 Å². The molecule has 1 saturated heterocycles. The smallest absolute Gasteiger partial charge is 0.305 e. The first-order valence-electron chi connectivity index (χ1n) is 6.02. The third-order valence-electron chi connectivity index (χ3n) is 3.00. The summed E-state index contributed by atoms with van der Waals surface area (Å²) in [6, 6.07) is 6.83. The van der Waals surface area contributed by atoms with Crippen LogP contribution in [-0.4, -0.2) is 35.6 Å². The van der Waals surface area contributed by atoms with Gasteiger partial charge in [-0.25, -0.2) is 0 Å². The molecule has 2 atom stereocenters. The number of nitrogens with one attached hydrogen (secondary N) is 1. The van der Waals surface area contributed by atoms with Crippen molar-refractivity contribution in [2.24, 2.45) is 0 Å². The highest BCUT2D eigenvalue weighted by Gasteiger charge is 2.34. The van der Waals surface area contributed by atoms with Gasteiger partial charge in [-0.1, -0.05) is 22.0 Å². The van der Waals surface area contributed by atoms with Crippen molar-refractivity contribution in [3.63, 3.8) is 0 Å². The first-order chi connectivity index (χ1) is 8.97. The monoisotopic (exact) mass is 326 g/mol. The topological polar surface area (TPSA) is 69.6 Å². The number of anilines is 1. The highest BCUT2D eigenvalue weighted by molar-refractivity contribution is 9.10. The van der Waals surface area contributed by atoms with Crippen LogP contribution in [0, 0.1) is 0 Å². The third kappa shape index (κ3) is 3.33. The molecule has 0 aliphatic carbocycles. The number of halogens is 1. The Morgan fingerprint density at radius 3 is 2.95 bits per heavy atom. The van der Waals surface area contributed by atoms with Gasteiger partial charge in [-0.05, 0) is 25.1 Å². The molecule has 0 spiro atoms. The van der Waals surface area contributed by atoms with Gasteiger partial charge in [0.1, 0.15) is 0 Å². The fourth-order valence-electron chi connectivity index (χ4n) is 2.22. The van der Waals surface area contributed by atoms with Crippen molar-refractivity contribution in [2.75, 3.05) is 11.4 Å². The normalized spacial score (nSPS) is 23.5. The van der Waals surface area contributed by atoms with E-state index in [-0.39, 0.29) is 18.4 Å². The first kappa shape index (κ1) is 14.0. The largest absolute Gasteiger partial charge is 0.481 e. The average molecular weight is 327 g/mol. The molecular weight excluding hydrogens is 312 g/mol. The van der Waals surface area contributed by atoms with Crippen LogP contribution in [0.15, 0.2) is 28.7 Å². The molecular formula is C13H15BrN2O3. The Bertz CT molecular complexity index is 506. The molecule has 1 aromatic carbocycles. The molecule has 1 amide bonds. The van der Waals surface area contributed by atoms with Crippen LogP contribution >= 0.6 is 15.9 Å². The molecule has 0 radical (unpaired) electrons. The van der Waals surface area contributed by atoms with Crippen molar-refractivity contribution < 1.29 is 14.7 Å². The number of carbonyl (C=O) groups excluding carboxylic acids is 1. The molecule has 0 aromatic heterocycles. The Hall–Kier alpha value is -1.40. The quantitative estimate of drug-likeness (QED) is 0.885. The number of amides is 1. The Balaban J connectivity index is 2.24. The van der Waals surface area contributed by atoms with Crippen LogP contribution in [0.1, 0.15) is 13.3 Å².